The Morgan fingerprint density at radius 3 is 2.92 bits per heavy atom. The first-order chi connectivity index (χ1) is 11.7. The molecule has 5 heteroatoms. The molecule has 4 rings (SSSR count). The highest BCUT2D eigenvalue weighted by Gasteiger charge is 2.32. The van der Waals surface area contributed by atoms with Gasteiger partial charge in [0.1, 0.15) is 0 Å². The molecule has 3 heterocycles. The number of benzene rings is 1. The van der Waals surface area contributed by atoms with E-state index in [2.05, 4.69) is 11.0 Å². The van der Waals surface area contributed by atoms with Crippen molar-refractivity contribution in [1.29, 1.82) is 0 Å². The fraction of sp³-hybridized carbons (Fsp3) is 0.579. The van der Waals surface area contributed by atoms with Gasteiger partial charge in [-0.25, -0.2) is 0 Å². The van der Waals surface area contributed by atoms with Crippen molar-refractivity contribution in [1.82, 2.24) is 9.80 Å². The van der Waals surface area contributed by atoms with E-state index >= 15 is 0 Å². The van der Waals surface area contributed by atoms with Gasteiger partial charge in [-0.2, -0.15) is 0 Å². The average molecular weight is 327 g/mol. The van der Waals surface area contributed by atoms with Crippen LogP contribution in [0.1, 0.15) is 31.2 Å². The van der Waals surface area contributed by atoms with E-state index in [0.29, 0.717) is 25.4 Å². The van der Waals surface area contributed by atoms with E-state index in [1.807, 2.05) is 28.0 Å². The molecule has 2 amide bonds. The third kappa shape index (κ3) is 2.93. The molecule has 5 nitrogen and oxygen atoms in total. The second-order valence-electron chi connectivity index (χ2n) is 7.10. The minimum absolute atomic E-state index is 0.141. The summed E-state index contributed by atoms with van der Waals surface area (Å²) in [7, 11) is 0. The van der Waals surface area contributed by atoms with Gasteiger partial charge >= 0.3 is 0 Å². The molecular formula is C19H25N3O2. The molecule has 3 aliphatic heterocycles. The molecule has 2 saturated heterocycles. The first-order valence-corrected chi connectivity index (χ1v) is 9.12. The number of piperazine rings is 1. The summed E-state index contributed by atoms with van der Waals surface area (Å²) in [6.45, 7) is 4.39. The number of amides is 2. The van der Waals surface area contributed by atoms with Crippen LogP contribution in [0.3, 0.4) is 0 Å². The lowest BCUT2D eigenvalue weighted by molar-refractivity contribution is -0.133. The van der Waals surface area contributed by atoms with Crippen molar-refractivity contribution in [3.63, 3.8) is 0 Å². The Bertz CT molecular complexity index is 645. The molecule has 0 spiro atoms. The topological polar surface area (TPSA) is 43.9 Å². The highest BCUT2D eigenvalue weighted by atomic mass is 16.2. The molecule has 0 aromatic heterocycles. The number of aryl methyl sites for hydroxylation is 1. The van der Waals surface area contributed by atoms with Gasteiger partial charge in [0, 0.05) is 50.7 Å². The van der Waals surface area contributed by atoms with Crippen LogP contribution in [0.15, 0.2) is 24.3 Å². The van der Waals surface area contributed by atoms with Crippen LogP contribution in [0.4, 0.5) is 5.69 Å². The van der Waals surface area contributed by atoms with Crippen molar-refractivity contribution in [3.8, 4) is 0 Å². The number of para-hydroxylation sites is 1. The van der Waals surface area contributed by atoms with Crippen LogP contribution in [-0.4, -0.2) is 60.4 Å². The van der Waals surface area contributed by atoms with E-state index in [0.717, 1.165) is 31.7 Å². The number of hydrogen-bond acceptors (Lipinski definition) is 3. The molecule has 0 bridgehead atoms. The van der Waals surface area contributed by atoms with Gasteiger partial charge in [-0.15, -0.1) is 0 Å². The summed E-state index contributed by atoms with van der Waals surface area (Å²) in [5.41, 5.74) is 2.20. The van der Waals surface area contributed by atoms with E-state index in [1.165, 1.54) is 24.9 Å². The normalized spacial score (nSPS) is 24.0. The Morgan fingerprint density at radius 2 is 2.00 bits per heavy atom. The number of anilines is 1. The van der Waals surface area contributed by atoms with Crippen LogP contribution in [-0.2, 0) is 16.0 Å². The van der Waals surface area contributed by atoms with Crippen molar-refractivity contribution in [3.05, 3.63) is 29.8 Å². The highest BCUT2D eigenvalue weighted by molar-refractivity contribution is 5.97. The maximum atomic E-state index is 12.6. The summed E-state index contributed by atoms with van der Waals surface area (Å²) in [6.07, 6.45) is 4.25. The maximum absolute atomic E-state index is 12.6. The van der Waals surface area contributed by atoms with Crippen LogP contribution in [0.25, 0.3) is 0 Å². The molecule has 0 saturated carbocycles. The predicted octanol–water partition coefficient (Wildman–Crippen LogP) is 1.66. The van der Waals surface area contributed by atoms with Crippen molar-refractivity contribution in [2.45, 2.75) is 38.1 Å². The van der Waals surface area contributed by atoms with Crippen LogP contribution >= 0.6 is 0 Å². The SMILES string of the molecule is O=C(CCN1C(=O)CCc2ccccc21)N1CCN2CCCC2C1. The molecule has 3 aliphatic rings. The molecule has 128 valence electrons. The molecule has 0 aliphatic carbocycles. The summed E-state index contributed by atoms with van der Waals surface area (Å²) >= 11 is 0. The van der Waals surface area contributed by atoms with Gasteiger partial charge < -0.3 is 9.80 Å². The van der Waals surface area contributed by atoms with E-state index in [1.54, 1.807) is 0 Å². The second-order valence-corrected chi connectivity index (χ2v) is 7.10. The lowest BCUT2D eigenvalue weighted by Crippen LogP contribution is -2.52. The van der Waals surface area contributed by atoms with Crippen LogP contribution < -0.4 is 4.90 Å². The smallest absolute Gasteiger partial charge is 0.227 e. The first kappa shape index (κ1) is 15.6. The Labute approximate surface area is 143 Å². The Kier molecular flexibility index (Phi) is 4.27. The third-order valence-electron chi connectivity index (χ3n) is 5.68. The number of rotatable bonds is 3. The van der Waals surface area contributed by atoms with Gasteiger partial charge in [0.25, 0.3) is 0 Å². The van der Waals surface area contributed by atoms with Gasteiger partial charge in [0.05, 0.1) is 0 Å². The molecule has 1 unspecified atom stereocenters. The second kappa shape index (κ2) is 6.55. The van der Waals surface area contributed by atoms with Gasteiger partial charge in [0.2, 0.25) is 11.8 Å². The van der Waals surface area contributed by atoms with Gasteiger partial charge in [-0.1, -0.05) is 18.2 Å². The fourth-order valence-electron chi connectivity index (χ4n) is 4.32. The summed E-state index contributed by atoms with van der Waals surface area (Å²) < 4.78 is 0. The molecule has 0 radical (unpaired) electrons. The monoisotopic (exact) mass is 327 g/mol. The van der Waals surface area contributed by atoms with E-state index < -0.39 is 0 Å². The lowest BCUT2D eigenvalue weighted by Gasteiger charge is -2.38. The zero-order valence-corrected chi connectivity index (χ0v) is 14.1. The quantitative estimate of drug-likeness (QED) is 0.848. The predicted molar refractivity (Wildman–Crippen MR) is 92.9 cm³/mol. The number of carbonyl (C=O) groups is 2. The minimum atomic E-state index is 0.141. The molecular weight excluding hydrogens is 302 g/mol. The fourth-order valence-corrected chi connectivity index (χ4v) is 4.32. The van der Waals surface area contributed by atoms with E-state index in [4.69, 9.17) is 0 Å². The van der Waals surface area contributed by atoms with Crippen molar-refractivity contribution in [2.24, 2.45) is 0 Å². The molecule has 1 aromatic rings. The number of fused-ring (bicyclic) bond motifs is 2. The highest BCUT2D eigenvalue weighted by Crippen LogP contribution is 2.28. The summed E-state index contributed by atoms with van der Waals surface area (Å²) in [5, 5.41) is 0. The van der Waals surface area contributed by atoms with Crippen LogP contribution in [0.2, 0.25) is 0 Å². The zero-order valence-electron chi connectivity index (χ0n) is 14.1. The van der Waals surface area contributed by atoms with E-state index in [9.17, 15) is 9.59 Å². The maximum Gasteiger partial charge on any atom is 0.227 e. The van der Waals surface area contributed by atoms with Crippen LogP contribution in [0, 0.1) is 0 Å². The average Bonchev–Trinajstić information content (AvgIpc) is 3.08. The molecule has 0 N–H and O–H groups in total. The number of nitrogens with zero attached hydrogens (tertiary/aromatic N) is 3. The summed E-state index contributed by atoms with van der Waals surface area (Å²) in [6, 6.07) is 8.61. The third-order valence-corrected chi connectivity index (χ3v) is 5.68. The Morgan fingerprint density at radius 1 is 1.12 bits per heavy atom. The molecule has 2 fully saturated rings. The molecule has 24 heavy (non-hydrogen) atoms. The lowest BCUT2D eigenvalue weighted by atomic mass is 10.0. The number of carbonyl (C=O) groups excluding carboxylic acids is 2. The summed E-state index contributed by atoms with van der Waals surface area (Å²) in [5.74, 6) is 0.333. The minimum Gasteiger partial charge on any atom is -0.340 e. The standard InChI is InChI=1S/C19H25N3O2/c23-18(21-13-12-20-10-3-5-16(20)14-21)9-11-22-17-6-2-1-4-15(17)7-8-19(22)24/h1-2,4,6,16H,3,5,7-14H2. The van der Waals surface area contributed by atoms with Gasteiger partial charge in [-0.3, -0.25) is 14.5 Å². The molecule has 1 aromatic carbocycles. The van der Waals surface area contributed by atoms with Crippen LogP contribution in [0.5, 0.6) is 0 Å². The Balaban J connectivity index is 1.38. The number of hydrogen-bond donors (Lipinski definition) is 0. The first-order valence-electron chi connectivity index (χ1n) is 9.12. The van der Waals surface area contributed by atoms with Crippen molar-refractivity contribution >= 4 is 17.5 Å². The van der Waals surface area contributed by atoms with Gasteiger partial charge in [-0.05, 0) is 37.4 Å². The zero-order chi connectivity index (χ0) is 16.5. The molecule has 1 atom stereocenters. The van der Waals surface area contributed by atoms with Crippen molar-refractivity contribution in [2.75, 3.05) is 37.6 Å². The largest absolute Gasteiger partial charge is 0.340 e. The Hall–Kier alpha value is -1.88. The summed E-state index contributed by atoms with van der Waals surface area (Å²) in [4.78, 5) is 31.2. The van der Waals surface area contributed by atoms with E-state index in [-0.39, 0.29) is 11.8 Å². The van der Waals surface area contributed by atoms with Crippen molar-refractivity contribution < 1.29 is 9.59 Å². The van der Waals surface area contributed by atoms with Gasteiger partial charge in [0.15, 0.2) is 0 Å².